The van der Waals surface area contributed by atoms with Crippen molar-refractivity contribution in [3.05, 3.63) is 50.7 Å². The van der Waals surface area contributed by atoms with Crippen molar-refractivity contribution in [3.63, 3.8) is 0 Å². The van der Waals surface area contributed by atoms with Gasteiger partial charge < -0.3 is 5.73 Å². The molecule has 0 aliphatic rings. The first-order valence-electron chi connectivity index (χ1n) is 6.16. The lowest BCUT2D eigenvalue weighted by molar-refractivity contribution is 0.498. The lowest BCUT2D eigenvalue weighted by Crippen LogP contribution is -2.19. The summed E-state index contributed by atoms with van der Waals surface area (Å²) in [5, 5.41) is 5.12. The van der Waals surface area contributed by atoms with E-state index >= 15 is 0 Å². The van der Waals surface area contributed by atoms with Gasteiger partial charge in [-0.1, -0.05) is 23.7 Å². The highest BCUT2D eigenvalue weighted by Crippen LogP contribution is 2.30. The average molecular weight is 343 g/mol. The highest BCUT2D eigenvalue weighted by Gasteiger charge is 2.20. The summed E-state index contributed by atoms with van der Waals surface area (Å²) < 4.78 is 2.87. The van der Waals surface area contributed by atoms with E-state index in [9.17, 15) is 0 Å². The fraction of sp³-hybridized carbons (Fsp3) is 0.357. The fourth-order valence-electron chi connectivity index (χ4n) is 2.07. The summed E-state index contributed by atoms with van der Waals surface area (Å²) in [6, 6.07) is 5.91. The molecule has 3 nitrogen and oxygen atoms in total. The van der Waals surface area contributed by atoms with Gasteiger partial charge in [0.05, 0.1) is 22.4 Å². The summed E-state index contributed by atoms with van der Waals surface area (Å²) in [7, 11) is 0. The van der Waals surface area contributed by atoms with E-state index in [1.165, 1.54) is 0 Å². The summed E-state index contributed by atoms with van der Waals surface area (Å²) in [6.45, 7) is 6.15. The first-order valence-corrected chi connectivity index (χ1v) is 7.33. The van der Waals surface area contributed by atoms with Gasteiger partial charge in [0.15, 0.2) is 0 Å². The van der Waals surface area contributed by atoms with E-state index in [4.69, 9.17) is 17.3 Å². The lowest BCUT2D eigenvalue weighted by atomic mass is 10.0. The van der Waals surface area contributed by atoms with Gasteiger partial charge in [0.1, 0.15) is 0 Å². The highest BCUT2D eigenvalue weighted by molar-refractivity contribution is 9.10. The zero-order valence-corrected chi connectivity index (χ0v) is 13.5. The first-order chi connectivity index (χ1) is 8.91. The van der Waals surface area contributed by atoms with Gasteiger partial charge in [0, 0.05) is 11.1 Å². The van der Waals surface area contributed by atoms with E-state index in [0.29, 0.717) is 0 Å². The summed E-state index contributed by atoms with van der Waals surface area (Å²) in [6.07, 6.45) is 1.79. The van der Waals surface area contributed by atoms with Gasteiger partial charge in [-0.25, -0.2) is 0 Å². The molecule has 1 heterocycles. The molecule has 0 fully saturated rings. The smallest absolute Gasteiger partial charge is 0.0741 e. The minimum absolute atomic E-state index is 0.227. The van der Waals surface area contributed by atoms with E-state index in [2.05, 4.69) is 34.9 Å². The van der Waals surface area contributed by atoms with Gasteiger partial charge in [0.2, 0.25) is 0 Å². The van der Waals surface area contributed by atoms with Gasteiger partial charge in [-0.2, -0.15) is 5.10 Å². The molecule has 2 N–H and O–H groups in total. The molecule has 0 saturated carbocycles. The maximum Gasteiger partial charge on any atom is 0.0741 e. The summed E-state index contributed by atoms with van der Waals surface area (Å²) in [5.41, 5.74) is 9.43. The fourth-order valence-corrected chi connectivity index (χ4v) is 2.71. The van der Waals surface area contributed by atoms with Crippen LogP contribution in [0.5, 0.6) is 0 Å². The average Bonchev–Trinajstić information content (AvgIpc) is 2.74. The predicted molar refractivity (Wildman–Crippen MR) is 82.5 cm³/mol. The molecule has 102 valence electrons. The number of rotatable bonds is 3. The molecule has 1 atom stereocenters. The molecule has 5 heteroatoms. The van der Waals surface area contributed by atoms with Gasteiger partial charge in [0.25, 0.3) is 0 Å². The Balaban J connectivity index is 2.46. The number of nitrogens with zero attached hydrogens (tertiary/aromatic N) is 2. The summed E-state index contributed by atoms with van der Waals surface area (Å²) in [4.78, 5) is 0. The van der Waals surface area contributed by atoms with Crippen LogP contribution in [0.25, 0.3) is 0 Å². The third kappa shape index (κ3) is 2.86. The highest BCUT2D eigenvalue weighted by atomic mass is 79.9. The minimum Gasteiger partial charge on any atom is -0.319 e. The molecule has 1 aromatic heterocycles. The molecule has 2 rings (SSSR count). The Morgan fingerprint density at radius 2 is 2.05 bits per heavy atom. The van der Waals surface area contributed by atoms with Crippen LogP contribution in [0.3, 0.4) is 0 Å². The van der Waals surface area contributed by atoms with Crippen LogP contribution in [0.2, 0.25) is 5.02 Å². The number of nitrogens with two attached hydrogens (primary N) is 1. The molecule has 19 heavy (non-hydrogen) atoms. The summed E-state index contributed by atoms with van der Waals surface area (Å²) >= 11 is 9.58. The third-order valence-electron chi connectivity index (χ3n) is 3.11. The number of halogens is 2. The minimum atomic E-state index is -0.227. The number of aryl methyl sites for hydroxylation is 1. The van der Waals surface area contributed by atoms with Crippen molar-refractivity contribution >= 4 is 27.5 Å². The zero-order valence-electron chi connectivity index (χ0n) is 11.2. The van der Waals surface area contributed by atoms with Crippen LogP contribution < -0.4 is 5.73 Å². The Morgan fingerprint density at radius 3 is 2.63 bits per heavy atom. The van der Waals surface area contributed by atoms with Crippen molar-refractivity contribution in [2.45, 2.75) is 32.9 Å². The second kappa shape index (κ2) is 5.65. The Bertz CT molecular complexity index is 592. The van der Waals surface area contributed by atoms with E-state index < -0.39 is 0 Å². The molecule has 0 radical (unpaired) electrons. The van der Waals surface area contributed by atoms with Crippen LogP contribution in [0.4, 0.5) is 0 Å². The van der Waals surface area contributed by atoms with Gasteiger partial charge in [-0.15, -0.1) is 0 Å². The van der Waals surface area contributed by atoms with Crippen molar-refractivity contribution in [2.24, 2.45) is 5.73 Å². The van der Waals surface area contributed by atoms with Crippen LogP contribution >= 0.6 is 27.5 Å². The van der Waals surface area contributed by atoms with Crippen LogP contribution in [0, 0.1) is 6.92 Å². The normalized spacial score (nSPS) is 13.0. The van der Waals surface area contributed by atoms with Crippen molar-refractivity contribution in [1.29, 1.82) is 0 Å². The molecule has 0 aliphatic carbocycles. The Morgan fingerprint density at radius 1 is 1.37 bits per heavy atom. The monoisotopic (exact) mass is 341 g/mol. The van der Waals surface area contributed by atoms with Crippen LogP contribution in [-0.2, 0) is 0 Å². The van der Waals surface area contributed by atoms with Crippen molar-refractivity contribution in [2.75, 3.05) is 0 Å². The second-order valence-corrected chi connectivity index (χ2v) is 6.16. The zero-order chi connectivity index (χ0) is 14.2. The van der Waals surface area contributed by atoms with E-state index in [0.717, 1.165) is 26.3 Å². The Hall–Kier alpha value is -0.840. The van der Waals surface area contributed by atoms with E-state index in [-0.39, 0.29) is 12.1 Å². The number of benzene rings is 1. The molecule has 1 aromatic carbocycles. The topological polar surface area (TPSA) is 43.8 Å². The molecule has 0 amide bonds. The summed E-state index contributed by atoms with van der Waals surface area (Å²) in [5.74, 6) is 0. The molecule has 0 bridgehead atoms. The Kier molecular flexibility index (Phi) is 4.33. The van der Waals surface area contributed by atoms with Crippen molar-refractivity contribution < 1.29 is 0 Å². The second-order valence-electron chi connectivity index (χ2n) is 4.90. The molecule has 2 aromatic rings. The van der Waals surface area contributed by atoms with Crippen LogP contribution in [0.15, 0.2) is 28.9 Å². The van der Waals surface area contributed by atoms with Crippen LogP contribution in [-0.4, -0.2) is 9.78 Å². The number of aromatic nitrogens is 2. The molecular formula is C14H17BrClN3. The van der Waals surface area contributed by atoms with Crippen molar-refractivity contribution in [1.82, 2.24) is 9.78 Å². The lowest BCUT2D eigenvalue weighted by Gasteiger charge is -2.18. The Labute approximate surface area is 126 Å². The van der Waals surface area contributed by atoms with Gasteiger partial charge in [-0.05, 0) is 53.9 Å². The number of hydrogen-bond donors (Lipinski definition) is 1. The first kappa shape index (κ1) is 14.6. The predicted octanol–water partition coefficient (Wildman–Crippen LogP) is 4.24. The number of hydrogen-bond acceptors (Lipinski definition) is 2. The maximum absolute atomic E-state index is 6.39. The SMILES string of the molecule is Cc1cc(C(N)c2c(Br)cnn2C(C)C)ccc1Cl. The van der Waals surface area contributed by atoms with Gasteiger partial charge >= 0.3 is 0 Å². The van der Waals surface area contributed by atoms with Crippen LogP contribution in [0.1, 0.15) is 42.8 Å². The maximum atomic E-state index is 6.39. The van der Waals surface area contributed by atoms with Crippen molar-refractivity contribution in [3.8, 4) is 0 Å². The molecular weight excluding hydrogens is 326 g/mol. The van der Waals surface area contributed by atoms with E-state index in [1.807, 2.05) is 29.8 Å². The third-order valence-corrected chi connectivity index (χ3v) is 4.15. The molecule has 0 aliphatic heterocycles. The van der Waals surface area contributed by atoms with Gasteiger partial charge in [-0.3, -0.25) is 4.68 Å². The quantitative estimate of drug-likeness (QED) is 0.907. The standard InChI is InChI=1S/C14H17BrClN3/c1-8(2)19-14(11(15)7-18-19)13(17)10-4-5-12(16)9(3)6-10/h4-8,13H,17H2,1-3H3. The molecule has 0 saturated heterocycles. The molecule has 1 unspecified atom stereocenters. The van der Waals surface area contributed by atoms with E-state index in [1.54, 1.807) is 6.20 Å². The largest absolute Gasteiger partial charge is 0.319 e. The molecule has 0 spiro atoms.